The Bertz CT molecular complexity index is 1810. The van der Waals surface area contributed by atoms with Crippen molar-refractivity contribution in [1.29, 1.82) is 5.26 Å². The Hall–Kier alpha value is -5.25. The summed E-state index contributed by atoms with van der Waals surface area (Å²) in [5, 5.41) is 17.8. The molecule has 47 heavy (non-hydrogen) atoms. The molecule has 0 unspecified atom stereocenters. The Morgan fingerprint density at radius 2 is 1.83 bits per heavy atom. The van der Waals surface area contributed by atoms with Crippen LogP contribution in [0.25, 0.3) is 22.3 Å². The topological polar surface area (TPSA) is 143 Å². The van der Waals surface area contributed by atoms with Gasteiger partial charge in [-0.15, -0.1) is 0 Å². The minimum Gasteiger partial charge on any atom is -0.383 e. The van der Waals surface area contributed by atoms with E-state index in [4.69, 9.17) is 10.8 Å². The first-order chi connectivity index (χ1) is 22.6. The number of nitrogens with zero attached hydrogens (tertiary/aromatic N) is 6. The minimum absolute atomic E-state index is 0.0844. The molecule has 1 fully saturated rings. The van der Waals surface area contributed by atoms with Gasteiger partial charge in [0.05, 0.1) is 17.0 Å². The first-order valence-corrected chi connectivity index (χ1v) is 15.6. The number of amides is 2. The molecule has 10 nitrogen and oxygen atoms in total. The molecule has 3 heterocycles. The van der Waals surface area contributed by atoms with E-state index in [0.717, 1.165) is 62.8 Å². The number of nitrogen functional groups attached to an aromatic ring is 1. The number of hydrogen-bond donors (Lipinski definition) is 2. The SMILES string of the molecule is CCCCCC/C=C(\C#N)C(=O)N1CCC[C@@H](n2nc(-c3ccc(NC(=O)c4ccc(C(F)(F)F)cc4)cc3)c3c(N)ncnc32)C1. The molecular weight excluding hydrogens is 609 g/mol. The molecule has 4 aromatic rings. The molecule has 0 aliphatic carbocycles. The van der Waals surface area contributed by atoms with Crippen LogP contribution in [0.4, 0.5) is 24.7 Å². The fourth-order valence-electron chi connectivity index (χ4n) is 5.68. The van der Waals surface area contributed by atoms with Crippen molar-refractivity contribution in [2.75, 3.05) is 24.1 Å². The van der Waals surface area contributed by atoms with Crippen LogP contribution in [0.15, 0.2) is 66.5 Å². The van der Waals surface area contributed by atoms with Gasteiger partial charge in [-0.25, -0.2) is 14.6 Å². The third-order valence-electron chi connectivity index (χ3n) is 8.20. The predicted molar refractivity (Wildman–Crippen MR) is 172 cm³/mol. The first-order valence-electron chi connectivity index (χ1n) is 15.6. The quantitative estimate of drug-likeness (QED) is 0.108. The molecule has 244 valence electrons. The van der Waals surface area contributed by atoms with Crippen LogP contribution in [0.5, 0.6) is 0 Å². The third kappa shape index (κ3) is 7.60. The molecule has 2 aromatic carbocycles. The van der Waals surface area contributed by atoms with E-state index < -0.39 is 17.6 Å². The number of piperidine rings is 1. The van der Waals surface area contributed by atoms with Gasteiger partial charge in [0.15, 0.2) is 5.65 Å². The van der Waals surface area contributed by atoms with Crippen LogP contribution >= 0.6 is 0 Å². The molecule has 0 saturated carbocycles. The molecule has 1 saturated heterocycles. The second kappa shape index (κ2) is 14.5. The van der Waals surface area contributed by atoms with Gasteiger partial charge < -0.3 is 16.0 Å². The second-order valence-electron chi connectivity index (χ2n) is 11.5. The van der Waals surface area contributed by atoms with Crippen molar-refractivity contribution in [3.63, 3.8) is 0 Å². The third-order valence-corrected chi connectivity index (χ3v) is 8.20. The molecule has 0 spiro atoms. The fourth-order valence-corrected chi connectivity index (χ4v) is 5.68. The summed E-state index contributed by atoms with van der Waals surface area (Å²) in [6.07, 6.45) is 4.99. The molecule has 13 heteroatoms. The van der Waals surface area contributed by atoms with Gasteiger partial charge in [0.1, 0.15) is 29.5 Å². The number of allylic oxidation sites excluding steroid dienone is 1. The zero-order chi connectivity index (χ0) is 33.6. The smallest absolute Gasteiger partial charge is 0.383 e. The molecule has 1 atom stereocenters. The zero-order valence-electron chi connectivity index (χ0n) is 25.9. The largest absolute Gasteiger partial charge is 0.416 e. The van der Waals surface area contributed by atoms with Crippen molar-refractivity contribution >= 4 is 34.4 Å². The highest BCUT2D eigenvalue weighted by molar-refractivity contribution is 6.04. The van der Waals surface area contributed by atoms with Crippen molar-refractivity contribution < 1.29 is 22.8 Å². The van der Waals surface area contributed by atoms with E-state index >= 15 is 0 Å². The number of alkyl halides is 3. The standard InChI is InChI=1S/C34H35F3N8O2/c1-2-3-4-5-6-8-24(19-38)33(47)44-18-7-9-27(20-44)45-31-28(30(39)40-21-41-31)29(43-45)22-12-16-26(17-13-22)42-32(46)23-10-14-25(15-11-23)34(35,36)37/h8,10-17,21,27H,2-7,9,18,20H2,1H3,(H,42,46)(H2,39,40,41)/b24-8+/t27-/m1/s1. The van der Waals surface area contributed by atoms with E-state index in [0.29, 0.717) is 47.5 Å². The number of likely N-dealkylation sites (tertiary alicyclic amines) is 1. The zero-order valence-corrected chi connectivity index (χ0v) is 25.9. The lowest BCUT2D eigenvalue weighted by Crippen LogP contribution is -2.41. The van der Waals surface area contributed by atoms with E-state index in [1.165, 1.54) is 6.33 Å². The van der Waals surface area contributed by atoms with Crippen LogP contribution in [-0.2, 0) is 11.0 Å². The Balaban J connectivity index is 1.34. The molecule has 0 bridgehead atoms. The van der Waals surface area contributed by atoms with Crippen LogP contribution in [0, 0.1) is 11.3 Å². The monoisotopic (exact) mass is 644 g/mol. The molecule has 2 aromatic heterocycles. The van der Waals surface area contributed by atoms with E-state index in [1.807, 2.05) is 0 Å². The van der Waals surface area contributed by atoms with Gasteiger partial charge in [0.25, 0.3) is 11.8 Å². The lowest BCUT2D eigenvalue weighted by atomic mass is 10.0. The Kier molecular flexibility index (Phi) is 10.2. The number of halogens is 3. The Labute approximate surface area is 270 Å². The van der Waals surface area contributed by atoms with E-state index in [1.54, 1.807) is 39.9 Å². The summed E-state index contributed by atoms with van der Waals surface area (Å²) >= 11 is 0. The molecule has 5 rings (SSSR count). The molecule has 1 aliphatic rings. The summed E-state index contributed by atoms with van der Waals surface area (Å²) in [7, 11) is 0. The van der Waals surface area contributed by atoms with Gasteiger partial charge in [-0.1, -0.05) is 44.4 Å². The van der Waals surface area contributed by atoms with Crippen molar-refractivity contribution in [3.05, 3.63) is 77.6 Å². The number of rotatable bonds is 10. The number of nitriles is 1. The fraction of sp³-hybridized carbons (Fsp3) is 0.353. The molecular formula is C34H35F3N8O2. The first kappa shape index (κ1) is 33.1. The lowest BCUT2D eigenvalue weighted by Gasteiger charge is -2.32. The highest BCUT2D eigenvalue weighted by atomic mass is 19.4. The second-order valence-corrected chi connectivity index (χ2v) is 11.5. The van der Waals surface area contributed by atoms with Gasteiger partial charge >= 0.3 is 6.18 Å². The maximum Gasteiger partial charge on any atom is 0.416 e. The maximum atomic E-state index is 13.3. The van der Waals surface area contributed by atoms with Gasteiger partial charge in [-0.3, -0.25) is 9.59 Å². The van der Waals surface area contributed by atoms with Gasteiger partial charge in [0, 0.05) is 29.9 Å². The van der Waals surface area contributed by atoms with Crippen LogP contribution in [0.2, 0.25) is 0 Å². The average Bonchev–Trinajstić information content (AvgIpc) is 3.47. The Morgan fingerprint density at radius 1 is 1.09 bits per heavy atom. The summed E-state index contributed by atoms with van der Waals surface area (Å²) in [5.74, 6) is -0.606. The minimum atomic E-state index is -4.49. The van der Waals surface area contributed by atoms with Crippen molar-refractivity contribution in [2.24, 2.45) is 0 Å². The summed E-state index contributed by atoms with van der Waals surface area (Å²) in [6, 6.07) is 12.6. The molecule has 1 aliphatic heterocycles. The number of unbranched alkanes of at least 4 members (excludes halogenated alkanes) is 4. The average molecular weight is 645 g/mol. The number of aromatic nitrogens is 4. The lowest BCUT2D eigenvalue weighted by molar-refractivity contribution is -0.137. The normalized spacial score (nSPS) is 15.4. The van der Waals surface area contributed by atoms with Crippen LogP contribution in [0.1, 0.15) is 73.8 Å². The van der Waals surface area contributed by atoms with Gasteiger partial charge in [-0.05, 0) is 62.1 Å². The highest BCUT2D eigenvalue weighted by Crippen LogP contribution is 2.35. The maximum absolute atomic E-state index is 13.3. The van der Waals surface area contributed by atoms with E-state index in [2.05, 4.69) is 28.3 Å². The molecule has 3 N–H and O–H groups in total. The number of nitrogens with two attached hydrogens (primary N) is 1. The molecule has 2 amide bonds. The number of fused-ring (bicyclic) bond motifs is 1. The highest BCUT2D eigenvalue weighted by Gasteiger charge is 2.31. The summed E-state index contributed by atoms with van der Waals surface area (Å²) in [6.45, 7) is 3.02. The van der Waals surface area contributed by atoms with Gasteiger partial charge in [0.2, 0.25) is 0 Å². The molecule has 0 radical (unpaired) electrons. The number of nitrogens with one attached hydrogen (secondary N) is 1. The summed E-state index contributed by atoms with van der Waals surface area (Å²) in [5.41, 5.74) is 7.85. The Morgan fingerprint density at radius 3 is 2.51 bits per heavy atom. The van der Waals surface area contributed by atoms with Crippen LogP contribution in [0.3, 0.4) is 0 Å². The summed E-state index contributed by atoms with van der Waals surface area (Å²) in [4.78, 5) is 36.3. The van der Waals surface area contributed by atoms with Crippen molar-refractivity contribution in [2.45, 2.75) is 64.1 Å². The van der Waals surface area contributed by atoms with E-state index in [-0.39, 0.29) is 28.9 Å². The number of hydrogen-bond acceptors (Lipinski definition) is 7. The van der Waals surface area contributed by atoms with Gasteiger partial charge in [-0.2, -0.15) is 23.5 Å². The number of benzene rings is 2. The number of anilines is 2. The number of carbonyl (C=O) groups excluding carboxylic acids is 2. The van der Waals surface area contributed by atoms with Crippen LogP contribution < -0.4 is 11.1 Å². The van der Waals surface area contributed by atoms with Crippen LogP contribution in [-0.4, -0.2) is 49.6 Å². The number of carbonyl (C=O) groups is 2. The summed E-state index contributed by atoms with van der Waals surface area (Å²) < 4.78 is 40.4. The van der Waals surface area contributed by atoms with Crippen molar-refractivity contribution in [1.82, 2.24) is 24.6 Å². The van der Waals surface area contributed by atoms with Crippen molar-refractivity contribution in [3.8, 4) is 17.3 Å². The predicted octanol–water partition coefficient (Wildman–Crippen LogP) is 6.93. The van der Waals surface area contributed by atoms with E-state index in [9.17, 15) is 28.0 Å².